The van der Waals surface area contributed by atoms with Crippen LogP contribution in [0.15, 0.2) is 31.8 Å². The van der Waals surface area contributed by atoms with E-state index in [1.165, 1.54) is 40.9 Å². The van der Waals surface area contributed by atoms with Crippen LogP contribution in [0.4, 0.5) is 4.39 Å². The van der Waals surface area contributed by atoms with E-state index in [9.17, 15) is 9.18 Å². The molecule has 0 bridgehead atoms. The first-order valence-electron chi connectivity index (χ1n) is 4.53. The minimum absolute atomic E-state index is 0.0680. The zero-order valence-electron chi connectivity index (χ0n) is 8.71. The third-order valence-electron chi connectivity index (χ3n) is 1.89. The van der Waals surface area contributed by atoms with E-state index in [0.29, 0.717) is 15.5 Å². The van der Waals surface area contributed by atoms with Crippen molar-refractivity contribution in [3.05, 3.63) is 29.6 Å². The van der Waals surface area contributed by atoms with Gasteiger partial charge >= 0.3 is 0 Å². The molecule has 88 valence electrons. The molecule has 0 radical (unpaired) electrons. The van der Waals surface area contributed by atoms with E-state index in [1.54, 1.807) is 12.1 Å². The zero-order valence-corrected chi connectivity index (χ0v) is 11.2. The number of carbonyl (C=O) groups is 1. The zero-order chi connectivity index (χ0) is 12.3. The van der Waals surface area contributed by atoms with Gasteiger partial charge in [-0.05, 0) is 18.4 Å². The quantitative estimate of drug-likeness (QED) is 0.637. The molecule has 2 rings (SSSR count). The summed E-state index contributed by atoms with van der Waals surface area (Å²) in [6.45, 7) is 0. The predicted octanol–water partition coefficient (Wildman–Crippen LogP) is 3.36. The molecular formula is C10H7FN2OS3. The van der Waals surface area contributed by atoms with Gasteiger partial charge in [-0.3, -0.25) is 4.79 Å². The molecule has 0 N–H and O–H groups in total. The van der Waals surface area contributed by atoms with Crippen molar-refractivity contribution in [1.82, 2.24) is 10.2 Å². The van der Waals surface area contributed by atoms with Crippen LogP contribution in [0.3, 0.4) is 0 Å². The Morgan fingerprint density at radius 1 is 1.35 bits per heavy atom. The Labute approximate surface area is 110 Å². The second kappa shape index (κ2) is 5.61. The average molecular weight is 286 g/mol. The van der Waals surface area contributed by atoms with Gasteiger partial charge in [-0.1, -0.05) is 40.9 Å². The fourth-order valence-electron chi connectivity index (χ4n) is 1.14. The van der Waals surface area contributed by atoms with E-state index in [4.69, 9.17) is 0 Å². The SMILES string of the molecule is CSc1nnc(Sc2cccc(F)c2C=O)s1. The summed E-state index contributed by atoms with van der Waals surface area (Å²) in [6.07, 6.45) is 2.43. The Morgan fingerprint density at radius 2 is 2.12 bits per heavy atom. The largest absolute Gasteiger partial charge is 0.298 e. The number of carbonyl (C=O) groups excluding carboxylic acids is 1. The molecular weight excluding hydrogens is 279 g/mol. The van der Waals surface area contributed by atoms with Crippen LogP contribution in [0, 0.1) is 5.82 Å². The molecule has 7 heteroatoms. The van der Waals surface area contributed by atoms with Gasteiger partial charge in [0, 0.05) is 4.90 Å². The highest BCUT2D eigenvalue weighted by Gasteiger charge is 2.11. The van der Waals surface area contributed by atoms with Gasteiger partial charge < -0.3 is 0 Å². The van der Waals surface area contributed by atoms with Crippen LogP contribution in [-0.2, 0) is 0 Å². The van der Waals surface area contributed by atoms with Gasteiger partial charge in [-0.15, -0.1) is 10.2 Å². The fraction of sp³-hybridized carbons (Fsp3) is 0.100. The number of benzene rings is 1. The lowest BCUT2D eigenvalue weighted by molar-refractivity contribution is 0.111. The molecule has 0 amide bonds. The first-order chi connectivity index (χ1) is 8.24. The van der Waals surface area contributed by atoms with E-state index in [0.717, 1.165) is 4.34 Å². The predicted molar refractivity (Wildman–Crippen MR) is 67.6 cm³/mol. The van der Waals surface area contributed by atoms with E-state index >= 15 is 0 Å². The Morgan fingerprint density at radius 3 is 2.76 bits per heavy atom. The normalized spacial score (nSPS) is 10.5. The van der Waals surface area contributed by atoms with Crippen LogP contribution in [0.25, 0.3) is 0 Å². The third-order valence-corrected chi connectivity index (χ3v) is 4.92. The number of aldehydes is 1. The van der Waals surface area contributed by atoms with Crippen molar-refractivity contribution < 1.29 is 9.18 Å². The van der Waals surface area contributed by atoms with E-state index in [1.807, 2.05) is 6.26 Å². The first kappa shape index (κ1) is 12.5. The number of nitrogens with zero attached hydrogens (tertiary/aromatic N) is 2. The maximum Gasteiger partial charge on any atom is 0.179 e. The minimum Gasteiger partial charge on any atom is -0.298 e. The summed E-state index contributed by atoms with van der Waals surface area (Å²) in [5, 5.41) is 7.90. The van der Waals surface area contributed by atoms with Crippen molar-refractivity contribution in [2.24, 2.45) is 0 Å². The van der Waals surface area contributed by atoms with Crippen LogP contribution in [0.2, 0.25) is 0 Å². The highest BCUT2D eigenvalue weighted by Crippen LogP contribution is 2.34. The van der Waals surface area contributed by atoms with Gasteiger partial charge in [0.25, 0.3) is 0 Å². The Balaban J connectivity index is 2.29. The number of hydrogen-bond donors (Lipinski definition) is 0. The summed E-state index contributed by atoms with van der Waals surface area (Å²) in [6, 6.07) is 4.53. The molecule has 0 atom stereocenters. The van der Waals surface area contributed by atoms with E-state index < -0.39 is 5.82 Å². The number of aromatic nitrogens is 2. The monoisotopic (exact) mass is 286 g/mol. The van der Waals surface area contributed by atoms with Crippen molar-refractivity contribution in [2.45, 2.75) is 13.6 Å². The van der Waals surface area contributed by atoms with Crippen molar-refractivity contribution >= 4 is 41.1 Å². The molecule has 0 saturated heterocycles. The molecule has 0 unspecified atom stereocenters. The second-order valence-corrected chi connectivity index (χ2v) is 6.23. The molecule has 3 nitrogen and oxygen atoms in total. The minimum atomic E-state index is -0.514. The van der Waals surface area contributed by atoms with Crippen LogP contribution in [0.5, 0.6) is 0 Å². The number of hydrogen-bond acceptors (Lipinski definition) is 6. The van der Waals surface area contributed by atoms with Crippen molar-refractivity contribution in [1.29, 1.82) is 0 Å². The second-order valence-electron chi connectivity index (χ2n) is 2.91. The molecule has 1 heterocycles. The highest BCUT2D eigenvalue weighted by atomic mass is 32.2. The number of rotatable bonds is 4. The average Bonchev–Trinajstić information content (AvgIpc) is 2.77. The molecule has 1 aromatic carbocycles. The maximum absolute atomic E-state index is 13.3. The molecule has 1 aromatic heterocycles. The Hall–Kier alpha value is -0.920. The number of halogens is 1. The summed E-state index contributed by atoms with van der Waals surface area (Å²) >= 11 is 4.17. The molecule has 2 aromatic rings. The van der Waals surface area contributed by atoms with Gasteiger partial charge in [0.15, 0.2) is 15.0 Å². The van der Waals surface area contributed by atoms with Crippen LogP contribution in [-0.4, -0.2) is 22.7 Å². The third kappa shape index (κ3) is 2.85. The smallest absolute Gasteiger partial charge is 0.179 e. The molecule has 0 aliphatic heterocycles. The van der Waals surface area contributed by atoms with Gasteiger partial charge in [-0.2, -0.15) is 0 Å². The molecule has 0 spiro atoms. The Kier molecular flexibility index (Phi) is 4.14. The lowest BCUT2D eigenvalue weighted by Gasteiger charge is -2.01. The van der Waals surface area contributed by atoms with E-state index in [-0.39, 0.29) is 5.56 Å². The summed E-state index contributed by atoms with van der Waals surface area (Å²) < 4.78 is 14.9. The van der Waals surface area contributed by atoms with E-state index in [2.05, 4.69) is 10.2 Å². The van der Waals surface area contributed by atoms with Crippen molar-refractivity contribution in [3.63, 3.8) is 0 Å². The standard InChI is InChI=1S/C10H7FN2OS3/c1-15-9-12-13-10(17-9)16-8-4-2-3-7(11)6(8)5-14/h2-5H,1H3. The molecule has 0 fully saturated rings. The van der Waals surface area contributed by atoms with Crippen LogP contribution < -0.4 is 0 Å². The van der Waals surface area contributed by atoms with Gasteiger partial charge in [0.1, 0.15) is 5.82 Å². The van der Waals surface area contributed by atoms with Crippen LogP contribution >= 0.6 is 34.9 Å². The van der Waals surface area contributed by atoms with Crippen molar-refractivity contribution in [3.8, 4) is 0 Å². The van der Waals surface area contributed by atoms with Gasteiger partial charge in [-0.25, -0.2) is 4.39 Å². The molecule has 0 aliphatic carbocycles. The lowest BCUT2D eigenvalue weighted by Crippen LogP contribution is -1.90. The Bertz CT molecular complexity index is 544. The van der Waals surface area contributed by atoms with Crippen molar-refractivity contribution in [2.75, 3.05) is 6.26 Å². The molecule has 0 aliphatic rings. The van der Waals surface area contributed by atoms with Gasteiger partial charge in [0.2, 0.25) is 0 Å². The summed E-state index contributed by atoms with van der Waals surface area (Å²) in [5.41, 5.74) is 0.0680. The first-order valence-corrected chi connectivity index (χ1v) is 7.39. The molecule has 0 saturated carbocycles. The van der Waals surface area contributed by atoms with Crippen LogP contribution in [0.1, 0.15) is 10.4 Å². The summed E-state index contributed by atoms with van der Waals surface area (Å²) in [4.78, 5) is 11.4. The highest BCUT2D eigenvalue weighted by molar-refractivity contribution is 8.03. The summed E-state index contributed by atoms with van der Waals surface area (Å²) in [5.74, 6) is -0.514. The summed E-state index contributed by atoms with van der Waals surface area (Å²) in [7, 11) is 0. The van der Waals surface area contributed by atoms with Gasteiger partial charge in [0.05, 0.1) is 5.56 Å². The fourth-order valence-corrected chi connectivity index (χ4v) is 3.64. The topological polar surface area (TPSA) is 42.9 Å². The lowest BCUT2D eigenvalue weighted by atomic mass is 10.2. The molecule has 17 heavy (non-hydrogen) atoms. The number of thioether (sulfide) groups is 1. The maximum atomic E-state index is 13.3.